The van der Waals surface area contributed by atoms with Gasteiger partial charge in [0.05, 0.1) is 13.2 Å². The number of rotatable bonds is 9. The molecule has 2 rings (SSSR count). The monoisotopic (exact) mass is 404 g/mol. The van der Waals surface area contributed by atoms with Crippen molar-refractivity contribution < 1.29 is 32.4 Å². The average molecular weight is 404 g/mol. The zero-order valence-corrected chi connectivity index (χ0v) is 16.3. The number of hydroxylamine groups is 2. The SMILES string of the molecule is CCON1CCN(CCCO[SH](=O)=O)CC1.O=C(O)C(O)c1ccccc1. The fourth-order valence-electron chi connectivity index (χ4n) is 2.47. The summed E-state index contributed by atoms with van der Waals surface area (Å²) in [6.07, 6.45) is -0.658. The van der Waals surface area contributed by atoms with E-state index >= 15 is 0 Å². The van der Waals surface area contributed by atoms with Crippen LogP contribution in [0.5, 0.6) is 0 Å². The molecule has 0 saturated carbocycles. The molecule has 1 aliphatic rings. The number of carboxylic acid groups (broad SMARTS) is 1. The molecule has 154 valence electrons. The maximum atomic E-state index is 10.2. The first-order chi connectivity index (χ1) is 12.9. The van der Waals surface area contributed by atoms with Crippen LogP contribution in [0, 0.1) is 0 Å². The molecule has 10 heteroatoms. The van der Waals surface area contributed by atoms with E-state index in [2.05, 4.69) is 9.08 Å². The maximum Gasteiger partial charge on any atom is 0.337 e. The van der Waals surface area contributed by atoms with Crippen LogP contribution < -0.4 is 0 Å². The Hall–Kier alpha value is -1.56. The standard InChI is InChI=1S/C9H20N2O4S.C8H8O3/c1-2-14-11-7-5-10(6-8-11)4-3-9-15-16(12)13;9-7(8(10)11)6-4-2-1-3-5-6/h16H,2-9H2,1H3;1-5,7,9H,(H,10,11). The summed E-state index contributed by atoms with van der Waals surface area (Å²) in [4.78, 5) is 17.9. The molecule has 0 aliphatic carbocycles. The Morgan fingerprint density at radius 2 is 1.81 bits per heavy atom. The normalized spacial score (nSPS) is 16.6. The van der Waals surface area contributed by atoms with Crippen molar-refractivity contribution in [3.05, 3.63) is 35.9 Å². The summed E-state index contributed by atoms with van der Waals surface area (Å²) in [6.45, 7) is 7.59. The molecule has 1 unspecified atom stereocenters. The third-order valence-electron chi connectivity index (χ3n) is 3.81. The molecule has 1 fully saturated rings. The van der Waals surface area contributed by atoms with Gasteiger partial charge >= 0.3 is 5.97 Å². The number of carboxylic acids is 1. The van der Waals surface area contributed by atoms with E-state index in [0.29, 0.717) is 12.2 Å². The van der Waals surface area contributed by atoms with Crippen molar-refractivity contribution >= 4 is 17.0 Å². The molecule has 1 heterocycles. The van der Waals surface area contributed by atoms with E-state index in [1.165, 1.54) is 0 Å². The van der Waals surface area contributed by atoms with Gasteiger partial charge < -0.3 is 15.1 Å². The summed E-state index contributed by atoms with van der Waals surface area (Å²) >= 11 is 0. The molecule has 0 spiro atoms. The maximum absolute atomic E-state index is 10.2. The van der Waals surface area contributed by atoms with Gasteiger partial charge in [0.2, 0.25) is 0 Å². The van der Waals surface area contributed by atoms with Crippen molar-refractivity contribution in [3.8, 4) is 0 Å². The summed E-state index contributed by atoms with van der Waals surface area (Å²) < 4.78 is 24.8. The van der Waals surface area contributed by atoms with Crippen LogP contribution >= 0.6 is 0 Å². The average Bonchev–Trinajstić information content (AvgIpc) is 2.67. The highest BCUT2D eigenvalue weighted by atomic mass is 32.2. The summed E-state index contributed by atoms with van der Waals surface area (Å²) in [5.74, 6) is -1.23. The molecule has 0 aromatic heterocycles. The predicted molar refractivity (Wildman–Crippen MR) is 99.6 cm³/mol. The Morgan fingerprint density at radius 3 is 2.33 bits per heavy atom. The Labute approximate surface area is 161 Å². The quantitative estimate of drug-likeness (QED) is 0.394. The second kappa shape index (κ2) is 13.6. The topological polar surface area (TPSA) is 117 Å². The minimum atomic E-state index is -2.69. The van der Waals surface area contributed by atoms with Gasteiger partial charge in [-0.15, -0.1) is 0 Å². The van der Waals surface area contributed by atoms with E-state index in [-0.39, 0.29) is 6.61 Å². The van der Waals surface area contributed by atoms with Crippen LogP contribution in [0.1, 0.15) is 25.0 Å². The number of aliphatic carboxylic acids is 1. The van der Waals surface area contributed by atoms with Crippen molar-refractivity contribution in [2.24, 2.45) is 0 Å². The zero-order chi connectivity index (χ0) is 20.1. The predicted octanol–water partition coefficient (Wildman–Crippen LogP) is 0.293. The summed E-state index contributed by atoms with van der Waals surface area (Å²) in [6, 6.07) is 8.26. The third kappa shape index (κ3) is 10.4. The highest BCUT2D eigenvalue weighted by Crippen LogP contribution is 2.11. The largest absolute Gasteiger partial charge is 0.479 e. The Balaban J connectivity index is 0.000000289. The Bertz CT molecular complexity index is 597. The van der Waals surface area contributed by atoms with Gasteiger partial charge in [-0.25, -0.2) is 13.2 Å². The van der Waals surface area contributed by atoms with E-state index < -0.39 is 23.1 Å². The van der Waals surface area contributed by atoms with Gasteiger partial charge in [-0.2, -0.15) is 5.06 Å². The minimum Gasteiger partial charge on any atom is -0.479 e. The number of nitrogens with zero attached hydrogens (tertiary/aromatic N) is 2. The van der Waals surface area contributed by atoms with Crippen LogP contribution in [0.4, 0.5) is 0 Å². The van der Waals surface area contributed by atoms with E-state index in [1.807, 2.05) is 12.0 Å². The molecular weight excluding hydrogens is 376 g/mol. The van der Waals surface area contributed by atoms with Crippen molar-refractivity contribution in [2.45, 2.75) is 19.4 Å². The molecule has 1 aliphatic heterocycles. The summed E-state index contributed by atoms with van der Waals surface area (Å²) in [5, 5.41) is 19.4. The number of carbonyl (C=O) groups is 1. The number of thiol groups is 1. The minimum absolute atomic E-state index is 0.282. The lowest BCUT2D eigenvalue weighted by atomic mass is 10.1. The number of piperazine rings is 1. The summed E-state index contributed by atoms with van der Waals surface area (Å²) in [7, 11) is -2.69. The number of hydrogen-bond acceptors (Lipinski definition) is 8. The molecule has 0 bridgehead atoms. The van der Waals surface area contributed by atoms with Gasteiger partial charge in [-0.05, 0) is 18.9 Å². The van der Waals surface area contributed by atoms with Gasteiger partial charge in [-0.3, -0.25) is 9.02 Å². The molecule has 2 N–H and O–H groups in total. The third-order valence-corrected chi connectivity index (χ3v) is 4.20. The van der Waals surface area contributed by atoms with Gasteiger partial charge in [0, 0.05) is 32.7 Å². The van der Waals surface area contributed by atoms with E-state index in [1.54, 1.807) is 30.3 Å². The zero-order valence-electron chi connectivity index (χ0n) is 15.4. The molecular formula is C17H28N2O7S. The molecule has 1 aromatic carbocycles. The van der Waals surface area contributed by atoms with Gasteiger partial charge in [-0.1, -0.05) is 30.3 Å². The van der Waals surface area contributed by atoms with Gasteiger partial charge in [0.1, 0.15) is 0 Å². The van der Waals surface area contributed by atoms with Crippen LogP contribution in [-0.4, -0.2) is 80.5 Å². The van der Waals surface area contributed by atoms with Crippen molar-refractivity contribution in [3.63, 3.8) is 0 Å². The van der Waals surface area contributed by atoms with Crippen LogP contribution in [0.15, 0.2) is 30.3 Å². The van der Waals surface area contributed by atoms with E-state index in [0.717, 1.165) is 39.1 Å². The fraction of sp³-hybridized carbons (Fsp3) is 0.588. The Kier molecular flexibility index (Phi) is 11.8. The molecule has 1 saturated heterocycles. The molecule has 1 atom stereocenters. The number of aliphatic hydroxyl groups excluding tert-OH is 1. The van der Waals surface area contributed by atoms with Crippen molar-refractivity contribution in [1.29, 1.82) is 0 Å². The first kappa shape index (κ1) is 23.5. The molecule has 1 aromatic rings. The number of hydrogen-bond donors (Lipinski definition) is 3. The van der Waals surface area contributed by atoms with Crippen molar-refractivity contribution in [2.75, 3.05) is 45.9 Å². The molecule has 0 radical (unpaired) electrons. The van der Waals surface area contributed by atoms with Gasteiger partial charge in [0.25, 0.3) is 11.0 Å². The lowest BCUT2D eigenvalue weighted by Gasteiger charge is -2.33. The highest BCUT2D eigenvalue weighted by molar-refractivity contribution is 7.67. The van der Waals surface area contributed by atoms with Crippen LogP contribution in [0.25, 0.3) is 0 Å². The van der Waals surface area contributed by atoms with E-state index in [4.69, 9.17) is 15.1 Å². The molecule has 27 heavy (non-hydrogen) atoms. The smallest absolute Gasteiger partial charge is 0.337 e. The first-order valence-corrected chi connectivity index (χ1v) is 9.87. The fourth-order valence-corrected chi connectivity index (χ4v) is 2.75. The summed E-state index contributed by atoms with van der Waals surface area (Å²) in [5.41, 5.74) is 0.403. The van der Waals surface area contributed by atoms with E-state index in [9.17, 15) is 13.2 Å². The van der Waals surface area contributed by atoms with Crippen LogP contribution in [0.2, 0.25) is 0 Å². The molecule has 9 nitrogen and oxygen atoms in total. The second-order valence-electron chi connectivity index (χ2n) is 5.75. The number of aliphatic hydroxyl groups is 1. The van der Waals surface area contributed by atoms with Crippen LogP contribution in [-0.2, 0) is 24.8 Å². The lowest BCUT2D eigenvalue weighted by Crippen LogP contribution is -2.46. The van der Waals surface area contributed by atoms with Crippen molar-refractivity contribution in [1.82, 2.24) is 9.96 Å². The number of benzene rings is 1. The molecule has 0 amide bonds. The first-order valence-electron chi connectivity index (χ1n) is 8.77. The Morgan fingerprint density at radius 1 is 1.19 bits per heavy atom. The highest BCUT2D eigenvalue weighted by Gasteiger charge is 2.16. The second-order valence-corrected chi connectivity index (χ2v) is 6.46. The lowest BCUT2D eigenvalue weighted by molar-refractivity contribution is -0.172. The van der Waals surface area contributed by atoms with Gasteiger partial charge in [0.15, 0.2) is 6.10 Å². The van der Waals surface area contributed by atoms with Crippen LogP contribution in [0.3, 0.4) is 0 Å².